The van der Waals surface area contributed by atoms with E-state index < -0.39 is 0 Å². The van der Waals surface area contributed by atoms with Crippen molar-refractivity contribution in [1.82, 2.24) is 0 Å². The van der Waals surface area contributed by atoms with Crippen LogP contribution in [0.2, 0.25) is 0 Å². The van der Waals surface area contributed by atoms with Crippen molar-refractivity contribution in [3.8, 4) is 0 Å². The van der Waals surface area contributed by atoms with Crippen LogP contribution in [-0.2, 0) is 4.74 Å². The van der Waals surface area contributed by atoms with Crippen LogP contribution in [0.4, 0.5) is 0 Å². The van der Waals surface area contributed by atoms with Crippen LogP contribution in [0.25, 0.3) is 0 Å². The van der Waals surface area contributed by atoms with E-state index in [9.17, 15) is 5.11 Å². The van der Waals surface area contributed by atoms with E-state index in [1.165, 1.54) is 51.4 Å². The Bertz CT molecular complexity index is 321. The molecule has 0 amide bonds. The van der Waals surface area contributed by atoms with Crippen LogP contribution in [0, 0.1) is 11.8 Å². The summed E-state index contributed by atoms with van der Waals surface area (Å²) in [5.74, 6) is 1.34. The van der Waals surface area contributed by atoms with E-state index in [0.717, 1.165) is 38.2 Å². The standard InChI is InChI=1S/C18H32O2/c1-2-15-6-5-11-18(19,12-7-15)16-8-13-20-17(14-16)9-3-4-10-17/h15-16,19H,2-14H2,1H3. The molecule has 116 valence electrons. The van der Waals surface area contributed by atoms with Crippen molar-refractivity contribution in [2.75, 3.05) is 6.61 Å². The van der Waals surface area contributed by atoms with Gasteiger partial charge in [0, 0.05) is 6.61 Å². The summed E-state index contributed by atoms with van der Waals surface area (Å²) in [4.78, 5) is 0. The number of rotatable bonds is 2. The van der Waals surface area contributed by atoms with Crippen molar-refractivity contribution in [3.05, 3.63) is 0 Å². The summed E-state index contributed by atoms with van der Waals surface area (Å²) in [5.41, 5.74) is -0.238. The van der Waals surface area contributed by atoms with E-state index >= 15 is 0 Å². The van der Waals surface area contributed by atoms with Gasteiger partial charge in [-0.05, 0) is 56.8 Å². The highest BCUT2D eigenvalue weighted by Gasteiger charge is 2.47. The van der Waals surface area contributed by atoms with Crippen LogP contribution >= 0.6 is 0 Å². The van der Waals surface area contributed by atoms with Gasteiger partial charge in [0.25, 0.3) is 0 Å². The summed E-state index contributed by atoms with van der Waals surface area (Å²) in [7, 11) is 0. The average Bonchev–Trinajstić information content (AvgIpc) is 2.80. The zero-order valence-electron chi connectivity index (χ0n) is 13.2. The summed E-state index contributed by atoms with van der Waals surface area (Å²) in [6, 6.07) is 0. The molecule has 0 aromatic rings. The molecule has 2 heteroatoms. The fraction of sp³-hybridized carbons (Fsp3) is 1.00. The van der Waals surface area contributed by atoms with Gasteiger partial charge in [0.2, 0.25) is 0 Å². The van der Waals surface area contributed by atoms with Crippen molar-refractivity contribution in [2.45, 2.75) is 95.2 Å². The zero-order valence-corrected chi connectivity index (χ0v) is 13.2. The first kappa shape index (κ1) is 14.8. The Morgan fingerprint density at radius 2 is 1.80 bits per heavy atom. The minimum atomic E-state index is -0.386. The van der Waals surface area contributed by atoms with Crippen LogP contribution in [0.3, 0.4) is 0 Å². The highest BCUT2D eigenvalue weighted by atomic mass is 16.5. The average molecular weight is 280 g/mol. The molecule has 20 heavy (non-hydrogen) atoms. The van der Waals surface area contributed by atoms with E-state index in [1.807, 2.05) is 0 Å². The molecule has 0 aromatic heterocycles. The van der Waals surface area contributed by atoms with Crippen LogP contribution in [0.5, 0.6) is 0 Å². The minimum Gasteiger partial charge on any atom is -0.390 e. The van der Waals surface area contributed by atoms with Gasteiger partial charge >= 0.3 is 0 Å². The van der Waals surface area contributed by atoms with Gasteiger partial charge in [0.05, 0.1) is 11.2 Å². The number of aliphatic hydroxyl groups is 1. The van der Waals surface area contributed by atoms with E-state index in [1.54, 1.807) is 0 Å². The predicted octanol–water partition coefficient (Wildman–Crippen LogP) is 4.45. The first-order chi connectivity index (χ1) is 9.66. The van der Waals surface area contributed by atoms with Gasteiger partial charge in [-0.2, -0.15) is 0 Å². The number of hydrogen-bond donors (Lipinski definition) is 1. The first-order valence-electron chi connectivity index (χ1n) is 9.02. The van der Waals surface area contributed by atoms with E-state index in [2.05, 4.69) is 6.92 Å². The monoisotopic (exact) mass is 280 g/mol. The quantitative estimate of drug-likeness (QED) is 0.757. The fourth-order valence-corrected chi connectivity index (χ4v) is 5.09. The van der Waals surface area contributed by atoms with Gasteiger partial charge in [0.1, 0.15) is 0 Å². The summed E-state index contributed by atoms with van der Waals surface area (Å²) < 4.78 is 6.15. The molecular formula is C18H32O2. The van der Waals surface area contributed by atoms with Gasteiger partial charge in [-0.25, -0.2) is 0 Å². The molecule has 0 radical (unpaired) electrons. The minimum absolute atomic E-state index is 0.148. The largest absolute Gasteiger partial charge is 0.390 e. The highest BCUT2D eigenvalue weighted by molar-refractivity contribution is 4.98. The Morgan fingerprint density at radius 1 is 1.00 bits per heavy atom. The van der Waals surface area contributed by atoms with Crippen LogP contribution in [0.1, 0.15) is 84.0 Å². The maximum atomic E-state index is 11.3. The molecule has 3 aliphatic rings. The molecule has 3 rings (SSSR count). The topological polar surface area (TPSA) is 29.5 Å². The summed E-state index contributed by atoms with van der Waals surface area (Å²) in [6.45, 7) is 3.18. The SMILES string of the molecule is CCC1CCCC(O)(C2CCOC3(CCCC3)C2)CC1. The maximum Gasteiger partial charge on any atom is 0.0686 e. The van der Waals surface area contributed by atoms with Crippen LogP contribution < -0.4 is 0 Å². The van der Waals surface area contributed by atoms with Crippen molar-refractivity contribution in [2.24, 2.45) is 11.8 Å². The second-order valence-corrected chi connectivity index (χ2v) is 7.74. The molecule has 1 N–H and O–H groups in total. The smallest absolute Gasteiger partial charge is 0.0686 e. The van der Waals surface area contributed by atoms with Gasteiger partial charge < -0.3 is 9.84 Å². The molecule has 1 aliphatic heterocycles. The third-order valence-corrected chi connectivity index (χ3v) is 6.55. The molecule has 0 aromatic carbocycles. The Hall–Kier alpha value is -0.0800. The molecule has 1 spiro atoms. The molecule has 3 unspecified atom stereocenters. The van der Waals surface area contributed by atoms with E-state index in [-0.39, 0.29) is 11.2 Å². The van der Waals surface area contributed by atoms with Gasteiger partial charge in [0.15, 0.2) is 0 Å². The second kappa shape index (κ2) is 5.96. The number of hydrogen-bond acceptors (Lipinski definition) is 2. The lowest BCUT2D eigenvalue weighted by atomic mass is 9.72. The fourth-order valence-electron chi connectivity index (χ4n) is 5.09. The molecule has 2 saturated carbocycles. The molecule has 0 bridgehead atoms. The molecule has 3 fully saturated rings. The van der Waals surface area contributed by atoms with Gasteiger partial charge in [-0.3, -0.25) is 0 Å². The lowest BCUT2D eigenvalue weighted by molar-refractivity contribution is -0.144. The molecule has 2 aliphatic carbocycles. The van der Waals surface area contributed by atoms with E-state index in [0.29, 0.717) is 5.92 Å². The maximum absolute atomic E-state index is 11.3. The Balaban J connectivity index is 1.67. The van der Waals surface area contributed by atoms with Gasteiger partial charge in [-0.15, -0.1) is 0 Å². The Kier molecular flexibility index (Phi) is 4.42. The zero-order chi connectivity index (χ0) is 14.1. The molecule has 1 saturated heterocycles. The number of ether oxygens (including phenoxy) is 1. The first-order valence-corrected chi connectivity index (χ1v) is 9.02. The normalized spacial score (nSPS) is 41.7. The molecule has 2 nitrogen and oxygen atoms in total. The molecular weight excluding hydrogens is 248 g/mol. The Morgan fingerprint density at radius 3 is 2.55 bits per heavy atom. The van der Waals surface area contributed by atoms with Crippen molar-refractivity contribution < 1.29 is 9.84 Å². The van der Waals surface area contributed by atoms with Crippen LogP contribution in [0.15, 0.2) is 0 Å². The summed E-state index contributed by atoms with van der Waals surface area (Å²) in [5, 5.41) is 11.3. The Labute approximate surface area is 124 Å². The third kappa shape index (κ3) is 2.92. The third-order valence-electron chi connectivity index (χ3n) is 6.55. The molecule has 1 heterocycles. The second-order valence-electron chi connectivity index (χ2n) is 7.74. The lowest BCUT2D eigenvalue weighted by Crippen LogP contribution is -2.47. The summed E-state index contributed by atoms with van der Waals surface area (Å²) >= 11 is 0. The van der Waals surface area contributed by atoms with Crippen molar-refractivity contribution >= 4 is 0 Å². The van der Waals surface area contributed by atoms with Crippen molar-refractivity contribution in [3.63, 3.8) is 0 Å². The lowest BCUT2D eigenvalue weighted by Gasteiger charge is -2.45. The molecule has 3 atom stereocenters. The van der Waals surface area contributed by atoms with E-state index in [4.69, 9.17) is 4.74 Å². The van der Waals surface area contributed by atoms with Gasteiger partial charge in [-0.1, -0.05) is 39.0 Å². The predicted molar refractivity (Wildman–Crippen MR) is 81.7 cm³/mol. The summed E-state index contributed by atoms with van der Waals surface area (Å²) in [6.07, 6.45) is 14.4. The van der Waals surface area contributed by atoms with Crippen LogP contribution in [-0.4, -0.2) is 22.9 Å². The van der Waals surface area contributed by atoms with Crippen molar-refractivity contribution in [1.29, 1.82) is 0 Å². The highest BCUT2D eigenvalue weighted by Crippen LogP contribution is 2.48.